The van der Waals surface area contributed by atoms with E-state index in [-0.39, 0.29) is 23.7 Å². The van der Waals surface area contributed by atoms with Crippen LogP contribution in [0.25, 0.3) is 0 Å². The lowest BCUT2D eigenvalue weighted by atomic mass is 10.0. The standard InChI is InChI=1S/C27H31F6N5O3/c28-26(29,30)18-3-5-19(6-4-18)34-20-9-13-36(14-10-20)12-1-2-25(39)37-15-11-22(17-37)35-21-7-8-24(38(40)41)23(16-21)27(31,32)33/h3-8,16,20,22,34-35H,1-2,9-15,17H2/t22-/m0/s1. The molecular weight excluding hydrogens is 556 g/mol. The number of amides is 1. The fourth-order valence-electron chi connectivity index (χ4n) is 5.26. The van der Waals surface area contributed by atoms with Crippen LogP contribution in [-0.4, -0.2) is 65.4 Å². The van der Waals surface area contributed by atoms with Gasteiger partial charge in [0.15, 0.2) is 0 Å². The maximum absolute atomic E-state index is 13.3. The van der Waals surface area contributed by atoms with Crippen LogP contribution in [0.4, 0.5) is 43.4 Å². The summed E-state index contributed by atoms with van der Waals surface area (Å²) in [6.07, 6.45) is -6.04. The number of hydrogen-bond acceptors (Lipinski definition) is 6. The average molecular weight is 588 g/mol. The van der Waals surface area contributed by atoms with Crippen LogP contribution in [0.5, 0.6) is 0 Å². The molecule has 1 atom stereocenters. The molecule has 2 aromatic carbocycles. The number of halogens is 6. The highest BCUT2D eigenvalue weighted by molar-refractivity contribution is 5.76. The van der Waals surface area contributed by atoms with Crippen molar-refractivity contribution in [3.8, 4) is 0 Å². The maximum atomic E-state index is 13.3. The largest absolute Gasteiger partial charge is 0.423 e. The molecule has 2 heterocycles. The summed E-state index contributed by atoms with van der Waals surface area (Å²) in [5.41, 5.74) is -2.26. The lowest BCUT2D eigenvalue weighted by molar-refractivity contribution is -0.388. The van der Waals surface area contributed by atoms with Gasteiger partial charge in [0.1, 0.15) is 5.56 Å². The molecule has 0 spiro atoms. The molecule has 0 radical (unpaired) electrons. The van der Waals surface area contributed by atoms with Crippen molar-refractivity contribution in [3.05, 3.63) is 63.7 Å². The summed E-state index contributed by atoms with van der Waals surface area (Å²) in [6.45, 7) is 3.14. The Morgan fingerprint density at radius 3 is 2.10 bits per heavy atom. The van der Waals surface area contributed by atoms with E-state index in [2.05, 4.69) is 15.5 Å². The highest BCUT2D eigenvalue weighted by Gasteiger charge is 2.39. The molecule has 2 aliphatic heterocycles. The number of carbonyl (C=O) groups is 1. The highest BCUT2D eigenvalue weighted by atomic mass is 19.4. The van der Waals surface area contributed by atoms with Crippen molar-refractivity contribution in [2.75, 3.05) is 43.4 Å². The van der Waals surface area contributed by atoms with E-state index in [1.807, 2.05) is 0 Å². The van der Waals surface area contributed by atoms with E-state index in [9.17, 15) is 41.3 Å². The van der Waals surface area contributed by atoms with Crippen molar-refractivity contribution in [1.82, 2.24) is 9.80 Å². The second-order valence-electron chi connectivity index (χ2n) is 10.4. The molecule has 2 N–H and O–H groups in total. The minimum atomic E-state index is -4.87. The first-order valence-corrected chi connectivity index (χ1v) is 13.4. The Morgan fingerprint density at radius 2 is 1.49 bits per heavy atom. The molecule has 8 nitrogen and oxygen atoms in total. The number of nitrogens with one attached hydrogen (secondary N) is 2. The second kappa shape index (κ2) is 12.5. The molecule has 0 bridgehead atoms. The fraction of sp³-hybridized carbons (Fsp3) is 0.519. The first kappa shape index (κ1) is 30.4. The van der Waals surface area contributed by atoms with Crippen molar-refractivity contribution in [1.29, 1.82) is 0 Å². The molecule has 224 valence electrons. The summed E-state index contributed by atoms with van der Waals surface area (Å²) >= 11 is 0. The number of benzene rings is 2. The van der Waals surface area contributed by atoms with Gasteiger partial charge >= 0.3 is 12.4 Å². The normalized spacial score (nSPS) is 18.9. The van der Waals surface area contributed by atoms with Crippen molar-refractivity contribution >= 4 is 23.0 Å². The van der Waals surface area contributed by atoms with Gasteiger partial charge in [-0.1, -0.05) is 0 Å². The Morgan fingerprint density at radius 1 is 0.878 bits per heavy atom. The molecule has 4 rings (SSSR count). The number of rotatable bonds is 9. The predicted molar refractivity (Wildman–Crippen MR) is 140 cm³/mol. The molecule has 41 heavy (non-hydrogen) atoms. The van der Waals surface area contributed by atoms with Gasteiger partial charge in [-0.2, -0.15) is 26.3 Å². The number of nitro groups is 1. The molecule has 0 aromatic heterocycles. The van der Waals surface area contributed by atoms with Crippen LogP contribution in [-0.2, 0) is 17.1 Å². The van der Waals surface area contributed by atoms with Crippen molar-refractivity contribution in [2.24, 2.45) is 0 Å². The second-order valence-corrected chi connectivity index (χ2v) is 10.4. The summed E-state index contributed by atoms with van der Waals surface area (Å²) in [6, 6.07) is 7.68. The van der Waals surface area contributed by atoms with Crippen LogP contribution in [0.1, 0.15) is 43.2 Å². The van der Waals surface area contributed by atoms with Crippen LogP contribution in [0.3, 0.4) is 0 Å². The summed E-state index contributed by atoms with van der Waals surface area (Å²) in [5, 5.41) is 17.2. The number of alkyl halides is 6. The van der Waals surface area contributed by atoms with Gasteiger partial charge in [0.2, 0.25) is 5.91 Å². The summed E-state index contributed by atoms with van der Waals surface area (Å²) in [7, 11) is 0. The van der Waals surface area contributed by atoms with Gasteiger partial charge in [0.05, 0.1) is 10.5 Å². The number of anilines is 2. The number of piperidine rings is 1. The van der Waals surface area contributed by atoms with E-state index in [1.165, 1.54) is 18.2 Å². The quantitative estimate of drug-likeness (QED) is 0.213. The summed E-state index contributed by atoms with van der Waals surface area (Å²) in [5.74, 6) is -0.0344. The van der Waals surface area contributed by atoms with Crippen LogP contribution in [0.2, 0.25) is 0 Å². The van der Waals surface area contributed by atoms with Crippen LogP contribution in [0, 0.1) is 10.1 Å². The Kier molecular flexibility index (Phi) is 9.30. The van der Waals surface area contributed by atoms with Crippen molar-refractivity contribution in [3.63, 3.8) is 0 Å². The van der Waals surface area contributed by atoms with Crippen molar-refractivity contribution in [2.45, 2.75) is 56.5 Å². The Labute approximate surface area is 232 Å². The molecular formula is C27H31F6N5O3. The lowest BCUT2D eigenvalue weighted by Gasteiger charge is -2.33. The van der Waals surface area contributed by atoms with Crippen LogP contribution >= 0.6 is 0 Å². The molecule has 2 aliphatic rings. The summed E-state index contributed by atoms with van der Waals surface area (Å²) in [4.78, 5) is 26.5. The third kappa shape index (κ3) is 8.24. The molecule has 1 amide bonds. The molecule has 2 saturated heterocycles. The Hall–Kier alpha value is -3.55. The van der Waals surface area contributed by atoms with E-state index in [4.69, 9.17) is 0 Å². The van der Waals surface area contributed by atoms with Crippen LogP contribution < -0.4 is 10.6 Å². The lowest BCUT2D eigenvalue weighted by Crippen LogP contribution is -2.40. The van der Waals surface area contributed by atoms with Gasteiger partial charge in [-0.25, -0.2) is 0 Å². The third-order valence-electron chi connectivity index (χ3n) is 7.45. The molecule has 2 aromatic rings. The zero-order valence-electron chi connectivity index (χ0n) is 22.1. The topological polar surface area (TPSA) is 90.8 Å². The van der Waals surface area contributed by atoms with Gasteiger partial charge in [-0.05, 0) is 68.6 Å². The van der Waals surface area contributed by atoms with Crippen LogP contribution in [0.15, 0.2) is 42.5 Å². The number of nitro benzene ring substituents is 1. The van der Waals surface area contributed by atoms with Gasteiger partial charge in [0.25, 0.3) is 5.69 Å². The van der Waals surface area contributed by atoms with E-state index in [1.54, 1.807) is 4.90 Å². The van der Waals surface area contributed by atoms with Gasteiger partial charge in [-0.3, -0.25) is 14.9 Å². The average Bonchev–Trinajstić information content (AvgIpc) is 3.37. The Balaban J connectivity index is 1.16. The first-order chi connectivity index (χ1) is 19.3. The number of carbonyl (C=O) groups excluding carboxylic acids is 1. The minimum absolute atomic E-state index is 0.0344. The third-order valence-corrected chi connectivity index (χ3v) is 7.45. The maximum Gasteiger partial charge on any atom is 0.423 e. The smallest absolute Gasteiger partial charge is 0.382 e. The van der Waals surface area contributed by atoms with Gasteiger partial charge in [-0.15, -0.1) is 0 Å². The molecule has 14 heteroatoms. The highest BCUT2D eigenvalue weighted by Crippen LogP contribution is 2.38. The number of nitrogens with zero attached hydrogens (tertiary/aromatic N) is 3. The predicted octanol–water partition coefficient (Wildman–Crippen LogP) is 6.00. The van der Waals surface area contributed by atoms with E-state index >= 15 is 0 Å². The van der Waals surface area contributed by atoms with Gasteiger partial charge in [0, 0.05) is 62.1 Å². The number of hydrogen-bond donors (Lipinski definition) is 2. The minimum Gasteiger partial charge on any atom is -0.382 e. The van der Waals surface area contributed by atoms with E-state index < -0.39 is 34.1 Å². The monoisotopic (exact) mass is 587 g/mol. The molecule has 0 saturated carbocycles. The molecule has 0 aliphatic carbocycles. The number of likely N-dealkylation sites (tertiary alicyclic amines) is 2. The first-order valence-electron chi connectivity index (χ1n) is 13.4. The Bertz CT molecular complexity index is 1210. The fourth-order valence-corrected chi connectivity index (χ4v) is 5.26. The van der Waals surface area contributed by atoms with E-state index in [0.29, 0.717) is 38.0 Å². The molecule has 0 unspecified atom stereocenters. The summed E-state index contributed by atoms with van der Waals surface area (Å²) < 4.78 is 78.0. The van der Waals surface area contributed by atoms with Crippen molar-refractivity contribution < 1.29 is 36.1 Å². The van der Waals surface area contributed by atoms with E-state index in [0.717, 1.165) is 56.7 Å². The zero-order chi connectivity index (χ0) is 29.8. The van der Waals surface area contributed by atoms with Gasteiger partial charge < -0.3 is 20.4 Å². The SMILES string of the molecule is O=C(CCCN1CCC(Nc2ccc(C(F)(F)F)cc2)CC1)N1CC[C@H](Nc2ccc([N+](=O)[O-])c(C(F)(F)F)c2)C1. The molecule has 2 fully saturated rings. The zero-order valence-corrected chi connectivity index (χ0v) is 22.1.